The third-order valence-electron chi connectivity index (χ3n) is 4.59. The van der Waals surface area contributed by atoms with E-state index in [1.165, 1.54) is 0 Å². The number of benzene rings is 1. The van der Waals surface area contributed by atoms with Gasteiger partial charge in [0.25, 0.3) is 0 Å². The minimum Gasteiger partial charge on any atom is -0.379 e. The first-order valence-electron chi connectivity index (χ1n) is 8.66. The third-order valence-corrected chi connectivity index (χ3v) is 5.02. The number of rotatable bonds is 4. The van der Waals surface area contributed by atoms with Crippen LogP contribution in [0.5, 0.6) is 0 Å². The lowest BCUT2D eigenvalue weighted by Gasteiger charge is -2.36. The third kappa shape index (κ3) is 5.38. The molecule has 3 rings (SSSR count). The molecule has 1 aromatic carbocycles. The van der Waals surface area contributed by atoms with E-state index in [0.29, 0.717) is 29.7 Å². The number of hydrogen-bond donors (Lipinski definition) is 1. The predicted molar refractivity (Wildman–Crippen MR) is 101 cm³/mol. The number of ether oxygens (including phenoxy) is 1. The van der Waals surface area contributed by atoms with Crippen LogP contribution in [0.25, 0.3) is 0 Å². The standard InChI is InChI=1S/C17H24Cl2N4O2/c18-14-11-15(19)13-16(12-14)22-3-5-23(6-4-22)17(24)20-1-2-21-7-9-25-10-8-21/h11-13H,1-10H2,(H,20,24). The topological polar surface area (TPSA) is 48.1 Å². The van der Waals surface area contributed by atoms with Gasteiger partial charge in [-0.1, -0.05) is 23.2 Å². The van der Waals surface area contributed by atoms with Crippen molar-refractivity contribution in [2.45, 2.75) is 0 Å². The number of morpholine rings is 1. The SMILES string of the molecule is O=C(NCCN1CCOCC1)N1CCN(c2cc(Cl)cc(Cl)c2)CC1. The zero-order valence-electron chi connectivity index (χ0n) is 14.2. The van der Waals surface area contributed by atoms with Crippen molar-refractivity contribution in [3.63, 3.8) is 0 Å². The molecule has 1 N–H and O–H groups in total. The minimum absolute atomic E-state index is 0.0111. The lowest BCUT2D eigenvalue weighted by Crippen LogP contribution is -2.52. The highest BCUT2D eigenvalue weighted by Crippen LogP contribution is 2.26. The molecule has 1 aromatic rings. The molecule has 0 aliphatic carbocycles. The van der Waals surface area contributed by atoms with Gasteiger partial charge in [0.15, 0.2) is 0 Å². The van der Waals surface area contributed by atoms with Crippen LogP contribution in [0.1, 0.15) is 0 Å². The van der Waals surface area contributed by atoms with Crippen molar-refractivity contribution in [3.05, 3.63) is 28.2 Å². The molecular formula is C17H24Cl2N4O2. The maximum atomic E-state index is 12.3. The highest BCUT2D eigenvalue weighted by Gasteiger charge is 2.21. The Kier molecular flexibility index (Phi) is 6.64. The molecule has 6 nitrogen and oxygen atoms in total. The maximum absolute atomic E-state index is 12.3. The van der Waals surface area contributed by atoms with Gasteiger partial charge < -0.3 is 19.9 Å². The van der Waals surface area contributed by atoms with Gasteiger partial charge >= 0.3 is 6.03 Å². The number of carbonyl (C=O) groups excluding carboxylic acids is 1. The Bertz CT molecular complexity index is 568. The molecule has 0 radical (unpaired) electrons. The summed E-state index contributed by atoms with van der Waals surface area (Å²) in [7, 11) is 0. The van der Waals surface area contributed by atoms with Crippen molar-refractivity contribution >= 4 is 34.9 Å². The lowest BCUT2D eigenvalue weighted by atomic mass is 10.2. The molecule has 2 heterocycles. The molecule has 8 heteroatoms. The fourth-order valence-electron chi connectivity index (χ4n) is 3.15. The minimum atomic E-state index is 0.0111. The molecule has 2 saturated heterocycles. The van der Waals surface area contributed by atoms with E-state index < -0.39 is 0 Å². The van der Waals surface area contributed by atoms with E-state index in [1.54, 1.807) is 6.07 Å². The Morgan fingerprint density at radius 3 is 2.28 bits per heavy atom. The van der Waals surface area contributed by atoms with Crippen LogP contribution in [0, 0.1) is 0 Å². The predicted octanol–water partition coefficient (Wildman–Crippen LogP) is 2.16. The number of hydrogen-bond acceptors (Lipinski definition) is 4. The molecule has 2 fully saturated rings. The van der Waals surface area contributed by atoms with Gasteiger partial charge in [0.2, 0.25) is 0 Å². The summed E-state index contributed by atoms with van der Waals surface area (Å²) >= 11 is 12.1. The van der Waals surface area contributed by atoms with E-state index in [2.05, 4.69) is 15.1 Å². The van der Waals surface area contributed by atoms with Gasteiger partial charge in [-0.3, -0.25) is 4.90 Å². The summed E-state index contributed by atoms with van der Waals surface area (Å²) in [6.07, 6.45) is 0. The second kappa shape index (κ2) is 8.94. The van der Waals surface area contributed by atoms with Crippen LogP contribution in [0.15, 0.2) is 18.2 Å². The van der Waals surface area contributed by atoms with Gasteiger partial charge in [0.1, 0.15) is 0 Å². The second-order valence-electron chi connectivity index (χ2n) is 6.29. The fourth-order valence-corrected chi connectivity index (χ4v) is 3.66. The Labute approximate surface area is 158 Å². The number of carbonyl (C=O) groups is 1. The summed E-state index contributed by atoms with van der Waals surface area (Å²) in [6, 6.07) is 5.55. The van der Waals surface area contributed by atoms with Crippen LogP contribution in [-0.4, -0.2) is 81.4 Å². The molecule has 0 spiro atoms. The van der Waals surface area contributed by atoms with Gasteiger partial charge in [-0.25, -0.2) is 4.79 Å². The van der Waals surface area contributed by atoms with Gasteiger partial charge in [-0.2, -0.15) is 0 Å². The lowest BCUT2D eigenvalue weighted by molar-refractivity contribution is 0.0386. The summed E-state index contributed by atoms with van der Waals surface area (Å²) in [4.78, 5) is 18.7. The van der Waals surface area contributed by atoms with Gasteiger partial charge in [0.05, 0.1) is 13.2 Å². The highest BCUT2D eigenvalue weighted by atomic mass is 35.5. The van der Waals surface area contributed by atoms with Crippen molar-refractivity contribution in [1.82, 2.24) is 15.1 Å². The number of halogens is 2. The van der Waals surface area contributed by atoms with Crippen LogP contribution in [0.3, 0.4) is 0 Å². The molecule has 138 valence electrons. The quantitative estimate of drug-likeness (QED) is 0.860. The second-order valence-corrected chi connectivity index (χ2v) is 7.16. The van der Waals surface area contributed by atoms with Crippen LogP contribution in [-0.2, 0) is 4.74 Å². The smallest absolute Gasteiger partial charge is 0.317 e. The van der Waals surface area contributed by atoms with E-state index >= 15 is 0 Å². The number of piperazine rings is 1. The van der Waals surface area contributed by atoms with Gasteiger partial charge in [-0.05, 0) is 18.2 Å². The average molecular weight is 387 g/mol. The monoisotopic (exact) mass is 386 g/mol. The van der Waals surface area contributed by atoms with E-state index in [4.69, 9.17) is 27.9 Å². The Hall–Kier alpha value is -1.21. The fraction of sp³-hybridized carbons (Fsp3) is 0.588. The molecular weight excluding hydrogens is 363 g/mol. The highest BCUT2D eigenvalue weighted by molar-refractivity contribution is 6.35. The number of nitrogens with one attached hydrogen (secondary N) is 1. The Morgan fingerprint density at radius 2 is 1.64 bits per heavy atom. The molecule has 0 unspecified atom stereocenters. The van der Waals surface area contributed by atoms with Crippen LogP contribution < -0.4 is 10.2 Å². The van der Waals surface area contributed by atoms with E-state index in [9.17, 15) is 4.79 Å². The van der Waals surface area contributed by atoms with Crippen molar-refractivity contribution < 1.29 is 9.53 Å². The summed E-state index contributed by atoms with van der Waals surface area (Å²) in [5.41, 5.74) is 1.00. The molecule has 2 amide bonds. The molecule has 25 heavy (non-hydrogen) atoms. The summed E-state index contributed by atoms with van der Waals surface area (Å²) in [5, 5.41) is 4.28. The summed E-state index contributed by atoms with van der Waals surface area (Å²) in [5.74, 6) is 0. The van der Waals surface area contributed by atoms with Crippen LogP contribution in [0.4, 0.5) is 10.5 Å². The molecule has 2 aliphatic rings. The van der Waals surface area contributed by atoms with E-state index in [0.717, 1.165) is 51.6 Å². The molecule has 0 aromatic heterocycles. The Balaban J connectivity index is 1.41. The van der Waals surface area contributed by atoms with Gasteiger partial charge in [-0.15, -0.1) is 0 Å². The number of amides is 2. The number of nitrogens with zero attached hydrogens (tertiary/aromatic N) is 3. The van der Waals surface area contributed by atoms with Crippen molar-refractivity contribution in [3.8, 4) is 0 Å². The summed E-state index contributed by atoms with van der Waals surface area (Å²) < 4.78 is 5.33. The van der Waals surface area contributed by atoms with Crippen molar-refractivity contribution in [1.29, 1.82) is 0 Å². The summed E-state index contributed by atoms with van der Waals surface area (Å²) in [6.45, 7) is 7.90. The van der Waals surface area contributed by atoms with E-state index in [1.807, 2.05) is 17.0 Å². The van der Waals surface area contributed by atoms with Crippen LogP contribution in [0.2, 0.25) is 10.0 Å². The maximum Gasteiger partial charge on any atom is 0.317 e. The van der Waals surface area contributed by atoms with Gasteiger partial charge in [0, 0.05) is 68.1 Å². The molecule has 2 aliphatic heterocycles. The molecule has 0 saturated carbocycles. The first-order valence-corrected chi connectivity index (χ1v) is 9.41. The normalized spacial score (nSPS) is 19.1. The number of anilines is 1. The van der Waals surface area contributed by atoms with Crippen molar-refractivity contribution in [2.75, 3.05) is 70.5 Å². The number of urea groups is 1. The molecule has 0 atom stereocenters. The first kappa shape index (κ1) is 18.6. The first-order chi connectivity index (χ1) is 12.1. The largest absolute Gasteiger partial charge is 0.379 e. The van der Waals surface area contributed by atoms with Crippen molar-refractivity contribution in [2.24, 2.45) is 0 Å². The van der Waals surface area contributed by atoms with Crippen LogP contribution >= 0.6 is 23.2 Å². The molecule has 0 bridgehead atoms. The zero-order chi connectivity index (χ0) is 17.6. The average Bonchev–Trinajstić information content (AvgIpc) is 2.62. The Morgan fingerprint density at radius 1 is 1.00 bits per heavy atom. The zero-order valence-corrected chi connectivity index (χ0v) is 15.7. The van der Waals surface area contributed by atoms with E-state index in [-0.39, 0.29) is 6.03 Å².